The van der Waals surface area contributed by atoms with Crippen molar-refractivity contribution >= 4 is 19.0 Å². The molecule has 0 saturated heterocycles. The molecule has 26 heavy (non-hydrogen) atoms. The smallest absolute Gasteiger partial charge is 0.0564 e. The van der Waals surface area contributed by atoms with Gasteiger partial charge in [-0.25, -0.2) is 0 Å². The molecular formula is C22H50N2Si2. The van der Waals surface area contributed by atoms with Crippen LogP contribution in [0, 0.1) is 0 Å². The van der Waals surface area contributed by atoms with Crippen LogP contribution in [-0.4, -0.2) is 60.8 Å². The lowest BCUT2D eigenvalue weighted by molar-refractivity contribution is 0.0903. The van der Waals surface area contributed by atoms with Gasteiger partial charge in [0.2, 0.25) is 0 Å². The molecular weight excluding hydrogens is 348 g/mol. The highest BCUT2D eigenvalue weighted by atomic mass is 28.3. The van der Waals surface area contributed by atoms with E-state index in [9.17, 15) is 0 Å². The monoisotopic (exact) mass is 398 g/mol. The van der Waals surface area contributed by atoms with Gasteiger partial charge in [0, 0.05) is 15.3 Å². The maximum atomic E-state index is 2.92. The molecule has 2 nitrogen and oxygen atoms in total. The van der Waals surface area contributed by atoms with E-state index < -0.39 is 0 Å². The number of unbranched alkanes of at least 4 members (excludes halogenated alkanes) is 4. The number of nitrogens with zero attached hydrogens (tertiary/aromatic N) is 2. The lowest BCUT2D eigenvalue weighted by Gasteiger charge is -2.40. The van der Waals surface area contributed by atoms with E-state index in [0.29, 0.717) is 0 Å². The summed E-state index contributed by atoms with van der Waals surface area (Å²) in [7, 11) is -0.0390. The minimum atomic E-state index is -0.0608. The molecule has 0 amide bonds. The third-order valence-electron chi connectivity index (χ3n) is 5.56. The highest BCUT2D eigenvalue weighted by molar-refractivity contribution is 6.61. The molecule has 0 aliphatic carbocycles. The zero-order valence-electron chi connectivity index (χ0n) is 19.2. The summed E-state index contributed by atoms with van der Waals surface area (Å²) in [6, 6.07) is 0. The predicted octanol–water partition coefficient (Wildman–Crippen LogP) is 4.71. The molecule has 4 heteroatoms. The van der Waals surface area contributed by atoms with Crippen LogP contribution in [0.25, 0.3) is 0 Å². The van der Waals surface area contributed by atoms with Crippen molar-refractivity contribution in [2.75, 3.05) is 26.2 Å². The number of hydrogen-bond donors (Lipinski definition) is 0. The summed E-state index contributed by atoms with van der Waals surface area (Å²) < 4.78 is 0. The van der Waals surface area contributed by atoms with Gasteiger partial charge in [0.05, 0.1) is 9.52 Å². The van der Waals surface area contributed by atoms with Crippen molar-refractivity contribution in [1.82, 2.24) is 9.80 Å². The second kappa shape index (κ2) is 18.5. The number of hydrogen-bond acceptors (Lipinski definition) is 2. The zero-order chi connectivity index (χ0) is 19.6. The average Bonchev–Trinajstić information content (AvgIpc) is 2.66. The van der Waals surface area contributed by atoms with Crippen molar-refractivity contribution in [3.63, 3.8) is 0 Å². The van der Waals surface area contributed by atoms with Gasteiger partial charge in [-0.3, -0.25) is 9.80 Å². The van der Waals surface area contributed by atoms with Crippen molar-refractivity contribution in [3.05, 3.63) is 11.3 Å². The van der Waals surface area contributed by atoms with Crippen molar-refractivity contribution in [2.45, 2.75) is 104 Å². The van der Waals surface area contributed by atoms with Gasteiger partial charge < -0.3 is 0 Å². The molecule has 0 spiro atoms. The summed E-state index contributed by atoms with van der Waals surface area (Å²) in [5.41, 5.74) is 1.60. The van der Waals surface area contributed by atoms with Crippen molar-refractivity contribution in [2.24, 2.45) is 0 Å². The highest BCUT2D eigenvalue weighted by Crippen LogP contribution is 2.14. The topological polar surface area (TPSA) is 6.48 Å². The quantitative estimate of drug-likeness (QED) is 0.244. The van der Waals surface area contributed by atoms with Gasteiger partial charge in [-0.05, 0) is 65.7 Å². The predicted molar refractivity (Wildman–Crippen MR) is 128 cm³/mol. The van der Waals surface area contributed by atoms with Crippen LogP contribution in [0.2, 0.25) is 5.67 Å². The molecule has 0 saturated carbocycles. The van der Waals surface area contributed by atoms with E-state index in [2.05, 4.69) is 57.4 Å². The van der Waals surface area contributed by atoms with Crippen LogP contribution in [0.5, 0.6) is 0 Å². The third-order valence-corrected chi connectivity index (χ3v) is 11.4. The van der Waals surface area contributed by atoms with E-state index in [1.165, 1.54) is 77.5 Å². The molecule has 0 aromatic carbocycles. The van der Waals surface area contributed by atoms with Gasteiger partial charge in [-0.15, -0.1) is 0 Å². The first-order valence-electron chi connectivity index (χ1n) is 11.7. The van der Waals surface area contributed by atoms with E-state index in [1.807, 2.05) is 0 Å². The van der Waals surface area contributed by atoms with Crippen LogP contribution in [0.4, 0.5) is 0 Å². The molecule has 0 bridgehead atoms. The van der Waals surface area contributed by atoms with Gasteiger partial charge in [-0.2, -0.15) is 0 Å². The normalized spacial score (nSPS) is 13.7. The molecule has 0 fully saturated rings. The fraction of sp³-hybridized carbons (Fsp3) is 0.909. The van der Waals surface area contributed by atoms with Crippen LogP contribution in [0.3, 0.4) is 0 Å². The van der Waals surface area contributed by atoms with Crippen LogP contribution in [-0.2, 0) is 0 Å². The lowest BCUT2D eigenvalue weighted by atomic mass is 10.2. The molecule has 0 radical (unpaired) electrons. The van der Waals surface area contributed by atoms with Gasteiger partial charge in [0.25, 0.3) is 0 Å². The fourth-order valence-electron chi connectivity index (χ4n) is 3.57. The molecule has 0 aromatic rings. The maximum Gasteiger partial charge on any atom is 0.0564 e. The summed E-state index contributed by atoms with van der Waals surface area (Å²) in [6.07, 6.45) is 13.2. The maximum absolute atomic E-state index is 2.92. The Balaban J connectivity index is 5.16. The van der Waals surface area contributed by atoms with E-state index in [4.69, 9.17) is 0 Å². The molecule has 0 N–H and O–H groups in total. The second-order valence-corrected chi connectivity index (χ2v) is 13.7. The Labute approximate surface area is 170 Å². The molecule has 0 aliphatic heterocycles. The molecule has 0 rings (SSSR count). The Kier molecular flexibility index (Phi) is 18.5. The first-order chi connectivity index (χ1) is 12.6. The molecule has 0 unspecified atom stereocenters. The second-order valence-electron chi connectivity index (χ2n) is 7.99. The Hall–Kier alpha value is 0.0938. The summed E-state index contributed by atoms with van der Waals surface area (Å²) in [4.78, 5) is 5.84. The summed E-state index contributed by atoms with van der Waals surface area (Å²) in [5.74, 6) is 0.823. The minimum Gasteiger partial charge on any atom is -0.291 e. The van der Waals surface area contributed by atoms with Crippen LogP contribution < -0.4 is 0 Å². The highest BCUT2D eigenvalue weighted by Gasteiger charge is 2.24. The Morgan fingerprint density at radius 1 is 0.769 bits per heavy atom. The van der Waals surface area contributed by atoms with Crippen molar-refractivity contribution < 1.29 is 0 Å². The van der Waals surface area contributed by atoms with Gasteiger partial charge in [0.1, 0.15) is 0 Å². The number of allylic oxidation sites excluding steroid dienone is 2. The van der Waals surface area contributed by atoms with E-state index in [-0.39, 0.29) is 19.0 Å². The van der Waals surface area contributed by atoms with Crippen LogP contribution >= 0.6 is 0 Å². The Morgan fingerprint density at radius 2 is 1.15 bits per heavy atom. The SMILES string of the molecule is CC=C(C)[SiH2]C[SiH2]C(N(CCCC)CCCC)N(CCCC)CCCC. The molecule has 0 aromatic heterocycles. The first-order valence-corrected chi connectivity index (χ1v) is 15.3. The fourth-order valence-corrected chi connectivity index (χ4v) is 9.83. The van der Waals surface area contributed by atoms with E-state index >= 15 is 0 Å². The zero-order valence-corrected chi connectivity index (χ0v) is 22.0. The number of rotatable bonds is 18. The average molecular weight is 399 g/mol. The lowest BCUT2D eigenvalue weighted by Crippen LogP contribution is -2.53. The van der Waals surface area contributed by atoms with Crippen LogP contribution in [0.15, 0.2) is 11.3 Å². The van der Waals surface area contributed by atoms with Crippen molar-refractivity contribution in [1.29, 1.82) is 0 Å². The van der Waals surface area contributed by atoms with E-state index in [1.54, 1.807) is 10.9 Å². The Bertz CT molecular complexity index is 298. The first kappa shape index (κ1) is 26.1. The van der Waals surface area contributed by atoms with Gasteiger partial charge >= 0.3 is 0 Å². The summed E-state index contributed by atoms with van der Waals surface area (Å²) in [6.45, 7) is 19.3. The van der Waals surface area contributed by atoms with Crippen molar-refractivity contribution in [3.8, 4) is 0 Å². The third kappa shape index (κ3) is 12.5. The largest absolute Gasteiger partial charge is 0.291 e. The Morgan fingerprint density at radius 3 is 1.46 bits per heavy atom. The summed E-state index contributed by atoms with van der Waals surface area (Å²) in [5, 5.41) is 1.72. The van der Waals surface area contributed by atoms with E-state index in [0.717, 1.165) is 5.79 Å². The molecule has 0 aliphatic rings. The molecule has 0 heterocycles. The van der Waals surface area contributed by atoms with Gasteiger partial charge in [-0.1, -0.05) is 70.3 Å². The molecule has 156 valence electrons. The molecule has 0 atom stereocenters. The van der Waals surface area contributed by atoms with Crippen LogP contribution in [0.1, 0.15) is 92.9 Å². The minimum absolute atomic E-state index is 0.0218. The standard InChI is InChI=1S/C22H50N2Si2/c1-7-12-16-23(17-13-8-2)22(26-20-25-21(6)11-5)24(18-14-9-3)19-15-10-4/h11,22H,7-10,12-20,25-26H2,1-6H3. The van der Waals surface area contributed by atoms with Gasteiger partial charge in [0.15, 0.2) is 0 Å². The summed E-state index contributed by atoms with van der Waals surface area (Å²) >= 11 is 0.